The Morgan fingerprint density at radius 3 is 2.95 bits per heavy atom. The van der Waals surface area contributed by atoms with Crippen LogP contribution in [-0.2, 0) is 19.5 Å². The fraction of sp³-hybridized carbons (Fsp3) is 0.333. The molecule has 110 valence electrons. The number of hydrogen-bond donors (Lipinski definition) is 2. The van der Waals surface area contributed by atoms with E-state index in [2.05, 4.69) is 20.9 Å². The number of halogens is 1. The largest absolute Gasteiger partial charge is 0.335 e. The number of aromatic nitrogens is 2. The lowest BCUT2D eigenvalue weighted by Gasteiger charge is -2.27. The van der Waals surface area contributed by atoms with Crippen LogP contribution in [0.1, 0.15) is 22.4 Å². The number of hydrogen-bond acceptors (Lipinski definition) is 3. The lowest BCUT2D eigenvalue weighted by atomic mass is 10.1. The topological polar surface area (TPSA) is 51.9 Å². The quantitative estimate of drug-likeness (QED) is 0.836. The number of rotatable bonds is 2. The van der Waals surface area contributed by atoms with E-state index >= 15 is 0 Å². The van der Waals surface area contributed by atoms with E-state index in [1.165, 1.54) is 0 Å². The van der Waals surface area contributed by atoms with Crippen LogP contribution in [0.25, 0.3) is 0 Å². The van der Waals surface area contributed by atoms with Gasteiger partial charge in [-0.15, -0.1) is 0 Å². The summed E-state index contributed by atoms with van der Waals surface area (Å²) in [5.41, 5.74) is 3.90. The Bertz CT molecular complexity index is 796. The first-order valence-electron chi connectivity index (χ1n) is 6.84. The lowest BCUT2D eigenvalue weighted by molar-refractivity contribution is 0.241. The van der Waals surface area contributed by atoms with E-state index in [1.807, 2.05) is 19.1 Å². The van der Waals surface area contributed by atoms with Crippen LogP contribution in [0.15, 0.2) is 23.0 Å². The SMILES string of the molecule is Cc1ccc(CN2CCc3[nH]c(=S)[nH]c(=O)c3C2)cc1Cl. The van der Waals surface area contributed by atoms with Gasteiger partial charge in [0.05, 0.1) is 5.56 Å². The van der Waals surface area contributed by atoms with Gasteiger partial charge >= 0.3 is 0 Å². The van der Waals surface area contributed by atoms with Gasteiger partial charge in [0.25, 0.3) is 5.56 Å². The number of nitrogens with zero attached hydrogens (tertiary/aromatic N) is 1. The molecule has 0 unspecified atom stereocenters. The fourth-order valence-electron chi connectivity index (χ4n) is 2.64. The Morgan fingerprint density at radius 2 is 2.19 bits per heavy atom. The van der Waals surface area contributed by atoms with Gasteiger partial charge in [-0.25, -0.2) is 0 Å². The van der Waals surface area contributed by atoms with Gasteiger partial charge in [0.2, 0.25) is 0 Å². The molecule has 0 radical (unpaired) electrons. The van der Waals surface area contributed by atoms with E-state index < -0.39 is 0 Å². The summed E-state index contributed by atoms with van der Waals surface area (Å²) in [7, 11) is 0. The maximum atomic E-state index is 12.0. The summed E-state index contributed by atoms with van der Waals surface area (Å²) in [4.78, 5) is 20.0. The highest BCUT2D eigenvalue weighted by atomic mass is 35.5. The maximum absolute atomic E-state index is 12.0. The van der Waals surface area contributed by atoms with Crippen molar-refractivity contribution in [1.82, 2.24) is 14.9 Å². The molecule has 2 heterocycles. The van der Waals surface area contributed by atoms with Crippen LogP contribution in [-0.4, -0.2) is 21.4 Å². The fourth-order valence-corrected chi connectivity index (χ4v) is 3.06. The minimum absolute atomic E-state index is 0.0830. The number of H-pyrrole nitrogens is 2. The van der Waals surface area contributed by atoms with E-state index in [4.69, 9.17) is 23.8 Å². The number of benzene rings is 1. The first kappa shape index (κ1) is 14.5. The molecule has 1 aromatic carbocycles. The summed E-state index contributed by atoms with van der Waals surface area (Å²) in [5.74, 6) is 0. The molecule has 3 rings (SSSR count). The molecular formula is C15H16ClN3OS. The van der Waals surface area contributed by atoms with Gasteiger partial charge in [-0.2, -0.15) is 0 Å². The molecule has 6 heteroatoms. The molecule has 0 aliphatic carbocycles. The van der Waals surface area contributed by atoms with Gasteiger partial charge in [-0.05, 0) is 36.3 Å². The third-order valence-electron chi connectivity index (χ3n) is 3.83. The zero-order valence-electron chi connectivity index (χ0n) is 11.7. The smallest absolute Gasteiger partial charge is 0.256 e. The molecule has 0 spiro atoms. The van der Waals surface area contributed by atoms with Crippen LogP contribution in [0.2, 0.25) is 5.02 Å². The summed E-state index contributed by atoms with van der Waals surface area (Å²) in [6.45, 7) is 4.30. The average Bonchev–Trinajstić information content (AvgIpc) is 2.43. The summed E-state index contributed by atoms with van der Waals surface area (Å²) in [5, 5.41) is 0.784. The molecule has 1 aliphatic heterocycles. The molecule has 2 aromatic rings. The predicted molar refractivity (Wildman–Crippen MR) is 86.3 cm³/mol. The summed E-state index contributed by atoms with van der Waals surface area (Å²) in [6, 6.07) is 6.11. The van der Waals surface area contributed by atoms with Crippen LogP contribution in [0.4, 0.5) is 0 Å². The first-order valence-corrected chi connectivity index (χ1v) is 7.63. The van der Waals surface area contributed by atoms with Gasteiger partial charge in [-0.3, -0.25) is 14.7 Å². The Labute approximate surface area is 132 Å². The highest BCUT2D eigenvalue weighted by Crippen LogP contribution is 2.20. The molecular weight excluding hydrogens is 306 g/mol. The number of aryl methyl sites for hydroxylation is 1. The van der Waals surface area contributed by atoms with Gasteiger partial charge in [0, 0.05) is 36.8 Å². The van der Waals surface area contributed by atoms with Gasteiger partial charge < -0.3 is 4.98 Å². The second-order valence-electron chi connectivity index (χ2n) is 5.41. The Hall–Kier alpha value is -1.43. The summed E-state index contributed by atoms with van der Waals surface area (Å²) >= 11 is 11.2. The molecule has 0 amide bonds. The zero-order valence-corrected chi connectivity index (χ0v) is 13.3. The Kier molecular flexibility index (Phi) is 3.97. The summed E-state index contributed by atoms with van der Waals surface area (Å²) in [6.07, 6.45) is 0.808. The highest BCUT2D eigenvalue weighted by molar-refractivity contribution is 7.71. The second-order valence-corrected chi connectivity index (χ2v) is 6.22. The number of nitrogens with one attached hydrogen (secondary N) is 2. The molecule has 0 fully saturated rings. The van der Waals surface area contributed by atoms with Crippen molar-refractivity contribution in [3.8, 4) is 0 Å². The average molecular weight is 322 g/mol. The highest BCUT2D eigenvalue weighted by Gasteiger charge is 2.19. The van der Waals surface area contributed by atoms with E-state index in [1.54, 1.807) is 0 Å². The lowest BCUT2D eigenvalue weighted by Crippen LogP contribution is -2.35. The minimum Gasteiger partial charge on any atom is -0.335 e. The Morgan fingerprint density at radius 1 is 1.38 bits per heavy atom. The van der Waals surface area contributed by atoms with Gasteiger partial charge in [0.15, 0.2) is 4.77 Å². The van der Waals surface area contributed by atoms with E-state index in [0.717, 1.165) is 46.9 Å². The maximum Gasteiger partial charge on any atom is 0.256 e. The van der Waals surface area contributed by atoms with Crippen LogP contribution >= 0.6 is 23.8 Å². The van der Waals surface area contributed by atoms with Crippen molar-refractivity contribution in [2.24, 2.45) is 0 Å². The zero-order chi connectivity index (χ0) is 15.0. The number of aromatic amines is 2. The minimum atomic E-state index is -0.0830. The van der Waals surface area contributed by atoms with Crippen molar-refractivity contribution < 1.29 is 0 Å². The third kappa shape index (κ3) is 3.10. The van der Waals surface area contributed by atoms with Crippen LogP contribution in [0, 0.1) is 11.7 Å². The third-order valence-corrected chi connectivity index (χ3v) is 4.44. The first-order chi connectivity index (χ1) is 10.0. The van der Waals surface area contributed by atoms with Crippen molar-refractivity contribution in [2.75, 3.05) is 6.54 Å². The predicted octanol–water partition coefficient (Wildman–Crippen LogP) is 2.95. The van der Waals surface area contributed by atoms with E-state index in [-0.39, 0.29) is 5.56 Å². The van der Waals surface area contributed by atoms with Crippen molar-refractivity contribution in [1.29, 1.82) is 0 Å². The van der Waals surface area contributed by atoms with Crippen LogP contribution in [0.5, 0.6) is 0 Å². The monoisotopic (exact) mass is 321 g/mol. The normalized spacial score (nSPS) is 15.0. The molecule has 21 heavy (non-hydrogen) atoms. The van der Waals surface area contributed by atoms with Gasteiger partial charge in [-0.1, -0.05) is 23.7 Å². The van der Waals surface area contributed by atoms with E-state index in [0.29, 0.717) is 11.3 Å². The molecule has 4 nitrogen and oxygen atoms in total. The van der Waals surface area contributed by atoms with Crippen molar-refractivity contribution in [3.63, 3.8) is 0 Å². The van der Waals surface area contributed by atoms with Gasteiger partial charge in [0.1, 0.15) is 0 Å². The number of fused-ring (bicyclic) bond motifs is 1. The molecule has 0 bridgehead atoms. The molecule has 1 aliphatic rings. The Balaban J connectivity index is 1.81. The molecule has 0 saturated heterocycles. The molecule has 0 saturated carbocycles. The van der Waals surface area contributed by atoms with Crippen molar-refractivity contribution in [2.45, 2.75) is 26.4 Å². The van der Waals surface area contributed by atoms with Crippen LogP contribution in [0.3, 0.4) is 0 Å². The van der Waals surface area contributed by atoms with E-state index in [9.17, 15) is 4.79 Å². The summed E-state index contributed by atoms with van der Waals surface area (Å²) < 4.78 is 0.400. The molecule has 2 N–H and O–H groups in total. The van der Waals surface area contributed by atoms with Crippen LogP contribution < -0.4 is 5.56 Å². The molecule has 1 aromatic heterocycles. The molecule has 0 atom stereocenters. The standard InChI is InChI=1S/C15H16ClN3OS/c1-9-2-3-10(6-12(9)16)7-19-5-4-13-11(8-19)14(20)18-15(21)17-13/h2-3,6H,4-5,7-8H2,1H3,(H2,17,18,20,21). The van der Waals surface area contributed by atoms with Crippen molar-refractivity contribution in [3.05, 3.63) is 60.7 Å². The second kappa shape index (κ2) is 5.75. The van der Waals surface area contributed by atoms with Crippen molar-refractivity contribution >= 4 is 23.8 Å².